The monoisotopic (exact) mass is 411 g/mol. The molecule has 10 heteroatoms. The molecule has 0 spiro atoms. The summed E-state index contributed by atoms with van der Waals surface area (Å²) in [5.41, 5.74) is 1.87. The van der Waals surface area contributed by atoms with Gasteiger partial charge in [0.25, 0.3) is 11.6 Å². The highest BCUT2D eigenvalue weighted by atomic mass is 32.1. The van der Waals surface area contributed by atoms with Crippen LogP contribution in [0.2, 0.25) is 0 Å². The van der Waals surface area contributed by atoms with E-state index in [1.807, 2.05) is 31.2 Å². The summed E-state index contributed by atoms with van der Waals surface area (Å²) in [7, 11) is 0. The summed E-state index contributed by atoms with van der Waals surface area (Å²) in [4.78, 5) is 34.9. The predicted molar refractivity (Wildman–Crippen MR) is 109 cm³/mol. The molecule has 2 amide bonds. The molecule has 148 valence electrons. The molecule has 2 N–H and O–H groups in total. The molecule has 0 fully saturated rings. The number of non-ortho nitro benzene ring substituents is 1. The van der Waals surface area contributed by atoms with Gasteiger partial charge in [0.15, 0.2) is 0 Å². The maximum atomic E-state index is 12.4. The minimum absolute atomic E-state index is 0.0940. The van der Waals surface area contributed by atoms with Crippen molar-refractivity contribution in [3.8, 4) is 10.6 Å². The number of amides is 2. The number of aryl methyl sites for hydroxylation is 1. The third-order valence-corrected chi connectivity index (χ3v) is 4.87. The van der Waals surface area contributed by atoms with Crippen molar-refractivity contribution in [1.29, 1.82) is 0 Å². The summed E-state index contributed by atoms with van der Waals surface area (Å²) in [6.07, 6.45) is 0. The molecule has 0 saturated heterocycles. The molecule has 0 aliphatic rings. The highest BCUT2D eigenvalue weighted by molar-refractivity contribution is 7.18. The molecule has 1 aromatic heterocycles. The summed E-state index contributed by atoms with van der Waals surface area (Å²) in [6, 6.07) is 12.2. The summed E-state index contributed by atoms with van der Waals surface area (Å²) < 4.78 is 0. The van der Waals surface area contributed by atoms with E-state index < -0.39 is 22.8 Å². The van der Waals surface area contributed by atoms with Gasteiger partial charge in [0.2, 0.25) is 11.0 Å². The minimum atomic E-state index is -0.881. The average Bonchev–Trinajstić information content (AvgIpc) is 3.16. The third kappa shape index (κ3) is 4.99. The zero-order chi connectivity index (χ0) is 21.0. The Balaban J connectivity index is 1.63. The van der Waals surface area contributed by atoms with E-state index in [-0.39, 0.29) is 11.3 Å². The number of aromatic nitrogens is 2. The lowest BCUT2D eigenvalue weighted by atomic mass is 10.1. The summed E-state index contributed by atoms with van der Waals surface area (Å²) in [5, 5.41) is 25.0. The van der Waals surface area contributed by atoms with E-state index in [0.29, 0.717) is 10.1 Å². The van der Waals surface area contributed by atoms with Crippen molar-refractivity contribution in [1.82, 2.24) is 15.5 Å². The van der Waals surface area contributed by atoms with Crippen LogP contribution in [0.1, 0.15) is 22.8 Å². The Kier molecular flexibility index (Phi) is 5.93. The van der Waals surface area contributed by atoms with Crippen molar-refractivity contribution in [2.24, 2.45) is 0 Å². The van der Waals surface area contributed by atoms with Crippen LogP contribution in [0.25, 0.3) is 10.6 Å². The number of nitro groups is 1. The van der Waals surface area contributed by atoms with Crippen molar-refractivity contribution in [3.63, 3.8) is 0 Å². The molecule has 1 atom stereocenters. The Bertz CT molecular complexity index is 1080. The van der Waals surface area contributed by atoms with Crippen molar-refractivity contribution >= 4 is 34.0 Å². The van der Waals surface area contributed by atoms with Gasteiger partial charge in [-0.1, -0.05) is 41.2 Å². The number of hydrogen-bond acceptors (Lipinski definition) is 7. The van der Waals surface area contributed by atoms with Crippen LogP contribution in [0.15, 0.2) is 48.5 Å². The van der Waals surface area contributed by atoms with Crippen LogP contribution in [0.4, 0.5) is 10.8 Å². The van der Waals surface area contributed by atoms with Crippen LogP contribution in [-0.4, -0.2) is 33.0 Å². The fourth-order valence-corrected chi connectivity index (χ4v) is 3.23. The molecule has 0 bridgehead atoms. The number of anilines is 1. The van der Waals surface area contributed by atoms with Gasteiger partial charge in [-0.2, -0.15) is 0 Å². The summed E-state index contributed by atoms with van der Waals surface area (Å²) in [5.74, 6) is -1.07. The Morgan fingerprint density at radius 3 is 2.62 bits per heavy atom. The first-order chi connectivity index (χ1) is 13.8. The number of nitro benzene ring substituents is 1. The van der Waals surface area contributed by atoms with Crippen LogP contribution in [0, 0.1) is 17.0 Å². The standard InChI is InChI=1S/C19H17N5O4S/c1-11-5-3-7-14(9-11)18-22-23-19(29-18)21-16(25)12(2)20-17(26)13-6-4-8-15(10-13)24(27)28/h3-10,12H,1-2H3,(H,20,26)(H,21,23,25)/t12-/m0/s1. The second-order valence-electron chi connectivity index (χ2n) is 6.27. The van der Waals surface area contributed by atoms with Gasteiger partial charge in [0, 0.05) is 23.3 Å². The van der Waals surface area contributed by atoms with Gasteiger partial charge < -0.3 is 5.32 Å². The number of carbonyl (C=O) groups excluding carboxylic acids is 2. The maximum Gasteiger partial charge on any atom is 0.270 e. The minimum Gasteiger partial charge on any atom is -0.341 e. The Hall–Kier alpha value is -3.66. The molecule has 1 heterocycles. The van der Waals surface area contributed by atoms with Gasteiger partial charge in [-0.05, 0) is 26.0 Å². The number of hydrogen-bond donors (Lipinski definition) is 2. The lowest BCUT2D eigenvalue weighted by Crippen LogP contribution is -2.41. The quantitative estimate of drug-likeness (QED) is 0.474. The molecule has 2 aromatic carbocycles. The molecule has 9 nitrogen and oxygen atoms in total. The molecular formula is C19H17N5O4S. The molecule has 0 unspecified atom stereocenters. The number of nitrogens with zero attached hydrogens (tertiary/aromatic N) is 3. The molecular weight excluding hydrogens is 394 g/mol. The Morgan fingerprint density at radius 2 is 1.90 bits per heavy atom. The second-order valence-corrected chi connectivity index (χ2v) is 7.25. The van der Waals surface area contributed by atoms with Crippen molar-refractivity contribution in [3.05, 3.63) is 69.8 Å². The first-order valence-corrected chi connectivity index (χ1v) is 9.42. The van der Waals surface area contributed by atoms with E-state index >= 15 is 0 Å². The van der Waals surface area contributed by atoms with Crippen LogP contribution in [0.3, 0.4) is 0 Å². The number of carbonyl (C=O) groups is 2. The van der Waals surface area contributed by atoms with Crippen molar-refractivity contribution in [2.45, 2.75) is 19.9 Å². The summed E-state index contributed by atoms with van der Waals surface area (Å²) in [6.45, 7) is 3.48. The zero-order valence-electron chi connectivity index (χ0n) is 15.6. The fraction of sp³-hybridized carbons (Fsp3) is 0.158. The van der Waals surface area contributed by atoms with Crippen molar-refractivity contribution < 1.29 is 14.5 Å². The van der Waals surface area contributed by atoms with Gasteiger partial charge in [-0.15, -0.1) is 10.2 Å². The van der Waals surface area contributed by atoms with E-state index in [1.165, 1.54) is 36.5 Å². The largest absolute Gasteiger partial charge is 0.341 e. The van der Waals surface area contributed by atoms with Gasteiger partial charge in [-0.25, -0.2) is 0 Å². The lowest BCUT2D eigenvalue weighted by Gasteiger charge is -2.12. The van der Waals surface area contributed by atoms with E-state index in [0.717, 1.165) is 17.2 Å². The highest BCUT2D eigenvalue weighted by Gasteiger charge is 2.19. The molecule has 0 aliphatic carbocycles. The SMILES string of the molecule is Cc1cccc(-c2nnc(NC(=O)[C@H](C)NC(=O)c3cccc([N+](=O)[O-])c3)s2)c1. The zero-order valence-corrected chi connectivity index (χ0v) is 16.4. The molecule has 29 heavy (non-hydrogen) atoms. The van der Waals surface area contributed by atoms with Crippen LogP contribution in [-0.2, 0) is 4.79 Å². The van der Waals surface area contributed by atoms with Crippen LogP contribution in [0.5, 0.6) is 0 Å². The smallest absolute Gasteiger partial charge is 0.270 e. The molecule has 0 radical (unpaired) electrons. The Labute approximate surface area is 169 Å². The third-order valence-electron chi connectivity index (χ3n) is 3.98. The van der Waals surface area contributed by atoms with Crippen molar-refractivity contribution in [2.75, 3.05) is 5.32 Å². The van der Waals surface area contributed by atoms with E-state index in [4.69, 9.17) is 0 Å². The van der Waals surface area contributed by atoms with E-state index in [9.17, 15) is 19.7 Å². The lowest BCUT2D eigenvalue weighted by molar-refractivity contribution is -0.384. The predicted octanol–water partition coefficient (Wildman–Crippen LogP) is 3.18. The molecule has 0 saturated carbocycles. The van der Waals surface area contributed by atoms with Crippen LogP contribution >= 0.6 is 11.3 Å². The first kappa shape index (κ1) is 20.1. The average molecular weight is 411 g/mol. The highest BCUT2D eigenvalue weighted by Crippen LogP contribution is 2.26. The van der Waals surface area contributed by atoms with Gasteiger partial charge in [0.05, 0.1) is 4.92 Å². The van der Waals surface area contributed by atoms with Gasteiger partial charge >= 0.3 is 0 Å². The van der Waals surface area contributed by atoms with E-state index in [2.05, 4.69) is 20.8 Å². The van der Waals surface area contributed by atoms with Gasteiger partial charge in [0.1, 0.15) is 11.0 Å². The molecule has 0 aliphatic heterocycles. The molecule has 3 rings (SSSR count). The topological polar surface area (TPSA) is 127 Å². The van der Waals surface area contributed by atoms with Crippen LogP contribution < -0.4 is 10.6 Å². The summed E-state index contributed by atoms with van der Waals surface area (Å²) >= 11 is 1.22. The second kappa shape index (κ2) is 8.57. The maximum absolute atomic E-state index is 12.4. The number of nitrogens with one attached hydrogen (secondary N) is 2. The fourth-order valence-electron chi connectivity index (χ4n) is 2.49. The Morgan fingerprint density at radius 1 is 1.14 bits per heavy atom. The first-order valence-electron chi connectivity index (χ1n) is 8.60. The number of benzene rings is 2. The normalized spacial score (nSPS) is 11.5. The van der Waals surface area contributed by atoms with E-state index in [1.54, 1.807) is 0 Å². The number of rotatable bonds is 6. The van der Waals surface area contributed by atoms with Gasteiger partial charge in [-0.3, -0.25) is 25.0 Å². The molecule has 3 aromatic rings.